The first-order chi connectivity index (χ1) is 11.9. The molecule has 1 aromatic carbocycles. The highest BCUT2D eigenvalue weighted by Gasteiger charge is 2.38. The lowest BCUT2D eigenvalue weighted by Crippen LogP contribution is -2.41. The minimum Gasteiger partial charge on any atom is -0.465 e. The van der Waals surface area contributed by atoms with Crippen LogP contribution in [-0.4, -0.2) is 42.2 Å². The van der Waals surface area contributed by atoms with E-state index >= 15 is 0 Å². The van der Waals surface area contributed by atoms with E-state index in [1.165, 1.54) is 4.90 Å². The molecule has 7 nitrogen and oxygen atoms in total. The number of imidazole rings is 2. The lowest BCUT2D eigenvalue weighted by Gasteiger charge is -2.33. The fourth-order valence-corrected chi connectivity index (χ4v) is 3.53. The molecule has 1 aliphatic heterocycles. The van der Waals surface area contributed by atoms with Gasteiger partial charge in [0.15, 0.2) is 0 Å². The number of nitrogens with one attached hydrogen (secondary N) is 1. The molecule has 2 N–H and O–H groups in total. The highest BCUT2D eigenvalue weighted by atomic mass is 16.4. The number of hydrogen-bond donors (Lipinski definition) is 2. The third kappa shape index (κ3) is 2.47. The smallest absolute Gasteiger partial charge is 0.408 e. The zero-order chi connectivity index (χ0) is 17.8. The maximum Gasteiger partial charge on any atom is 0.408 e. The summed E-state index contributed by atoms with van der Waals surface area (Å²) in [4.78, 5) is 25.7. The highest BCUT2D eigenvalue weighted by molar-refractivity contribution is 5.75. The van der Waals surface area contributed by atoms with Crippen molar-refractivity contribution in [2.75, 3.05) is 6.54 Å². The van der Waals surface area contributed by atoms with Crippen molar-refractivity contribution in [1.29, 1.82) is 0 Å². The Morgan fingerprint density at radius 1 is 1.32 bits per heavy atom. The summed E-state index contributed by atoms with van der Waals surface area (Å²) in [7, 11) is 0. The van der Waals surface area contributed by atoms with Crippen LogP contribution in [0.2, 0.25) is 0 Å². The number of carbonyl (C=O) groups is 1. The van der Waals surface area contributed by atoms with E-state index < -0.39 is 12.1 Å². The molecule has 1 amide bonds. The molecule has 0 aliphatic carbocycles. The van der Waals surface area contributed by atoms with Crippen LogP contribution in [0.25, 0.3) is 11.0 Å². The van der Waals surface area contributed by atoms with Crippen LogP contribution in [0, 0.1) is 0 Å². The molecule has 0 saturated carbocycles. The van der Waals surface area contributed by atoms with Crippen LogP contribution in [0.15, 0.2) is 30.6 Å². The van der Waals surface area contributed by atoms with Gasteiger partial charge in [-0.1, -0.05) is 12.1 Å². The average Bonchev–Trinajstić information content (AvgIpc) is 3.16. The molecular weight excluding hydrogens is 318 g/mol. The molecule has 0 radical (unpaired) electrons. The van der Waals surface area contributed by atoms with Crippen LogP contribution in [0.5, 0.6) is 0 Å². The first-order valence-electron chi connectivity index (χ1n) is 8.37. The maximum absolute atomic E-state index is 11.8. The van der Waals surface area contributed by atoms with Gasteiger partial charge in [0, 0.05) is 24.2 Å². The molecule has 1 aliphatic rings. The summed E-state index contributed by atoms with van der Waals surface area (Å²) in [6.45, 7) is 6.78. The number of para-hydroxylation sites is 2. The SMILES string of the molecule is CC(C)(C)n1cnc2c1CCN(C(=O)O)[C@@H]2c1nc2ccccc2[nH]1. The van der Waals surface area contributed by atoms with Crippen molar-refractivity contribution in [3.63, 3.8) is 0 Å². The summed E-state index contributed by atoms with van der Waals surface area (Å²) in [5.74, 6) is 0.615. The van der Waals surface area contributed by atoms with Crippen molar-refractivity contribution < 1.29 is 9.90 Å². The van der Waals surface area contributed by atoms with E-state index in [4.69, 9.17) is 0 Å². The van der Waals surface area contributed by atoms with Crippen LogP contribution < -0.4 is 0 Å². The van der Waals surface area contributed by atoms with Gasteiger partial charge in [0.1, 0.15) is 11.9 Å². The number of rotatable bonds is 1. The molecular formula is C18H21N5O2. The Labute approximate surface area is 145 Å². The molecule has 25 heavy (non-hydrogen) atoms. The number of nitrogens with zero attached hydrogens (tertiary/aromatic N) is 4. The molecule has 130 valence electrons. The van der Waals surface area contributed by atoms with Crippen molar-refractivity contribution in [3.8, 4) is 0 Å². The summed E-state index contributed by atoms with van der Waals surface area (Å²) in [5.41, 5.74) is 3.46. The number of hydrogen-bond acceptors (Lipinski definition) is 3. The maximum atomic E-state index is 11.8. The second-order valence-corrected chi connectivity index (χ2v) is 7.39. The van der Waals surface area contributed by atoms with Gasteiger partial charge in [-0.3, -0.25) is 4.90 Å². The quantitative estimate of drug-likeness (QED) is 0.713. The zero-order valence-corrected chi connectivity index (χ0v) is 14.5. The van der Waals surface area contributed by atoms with E-state index in [0.29, 0.717) is 18.8 Å². The first kappa shape index (κ1) is 15.7. The Bertz CT molecular complexity index is 917. The zero-order valence-electron chi connectivity index (χ0n) is 14.5. The van der Waals surface area contributed by atoms with E-state index in [2.05, 4.69) is 40.3 Å². The van der Waals surface area contributed by atoms with E-state index in [-0.39, 0.29) is 5.54 Å². The third-order valence-corrected chi connectivity index (χ3v) is 4.69. The predicted molar refractivity (Wildman–Crippen MR) is 93.6 cm³/mol. The molecule has 2 aromatic heterocycles. The fourth-order valence-electron chi connectivity index (χ4n) is 3.53. The first-order valence-corrected chi connectivity index (χ1v) is 8.37. The topological polar surface area (TPSA) is 87.0 Å². The Balaban J connectivity index is 1.88. The van der Waals surface area contributed by atoms with Gasteiger partial charge in [0.2, 0.25) is 0 Å². The Hall–Kier alpha value is -2.83. The van der Waals surface area contributed by atoms with Gasteiger partial charge in [-0.05, 0) is 32.9 Å². The standard InChI is InChI=1S/C18H21N5O2/c1-18(2,3)23-10-19-14-13(23)8-9-22(17(24)25)15(14)16-20-11-6-4-5-7-12(11)21-16/h4-7,10,15H,8-9H2,1-3H3,(H,20,21)(H,24,25)/t15-/m0/s1. The molecule has 0 spiro atoms. The number of aromatic amines is 1. The summed E-state index contributed by atoms with van der Waals surface area (Å²) in [6.07, 6.45) is 1.50. The van der Waals surface area contributed by atoms with Crippen molar-refractivity contribution in [2.45, 2.75) is 38.8 Å². The minimum absolute atomic E-state index is 0.107. The van der Waals surface area contributed by atoms with Gasteiger partial charge in [0.05, 0.1) is 23.1 Å². The molecule has 4 rings (SSSR count). The largest absolute Gasteiger partial charge is 0.465 e. The number of fused-ring (bicyclic) bond motifs is 2. The third-order valence-electron chi connectivity index (χ3n) is 4.69. The van der Waals surface area contributed by atoms with Gasteiger partial charge in [0.25, 0.3) is 0 Å². The number of H-pyrrole nitrogens is 1. The number of amides is 1. The monoisotopic (exact) mass is 339 g/mol. The van der Waals surface area contributed by atoms with Crippen molar-refractivity contribution in [3.05, 3.63) is 47.8 Å². The van der Waals surface area contributed by atoms with E-state index in [1.807, 2.05) is 30.6 Å². The van der Waals surface area contributed by atoms with Gasteiger partial charge < -0.3 is 14.7 Å². The molecule has 0 saturated heterocycles. The highest BCUT2D eigenvalue weighted by Crippen LogP contribution is 2.35. The van der Waals surface area contributed by atoms with Crippen LogP contribution in [-0.2, 0) is 12.0 Å². The summed E-state index contributed by atoms with van der Waals surface area (Å²) < 4.78 is 2.14. The van der Waals surface area contributed by atoms with E-state index in [1.54, 1.807) is 0 Å². The van der Waals surface area contributed by atoms with Gasteiger partial charge >= 0.3 is 6.09 Å². The molecule has 0 unspecified atom stereocenters. The van der Waals surface area contributed by atoms with E-state index in [0.717, 1.165) is 22.4 Å². The van der Waals surface area contributed by atoms with Crippen molar-refractivity contribution >= 4 is 17.1 Å². The second-order valence-electron chi connectivity index (χ2n) is 7.39. The normalized spacial score (nSPS) is 17.7. The van der Waals surface area contributed by atoms with Crippen LogP contribution in [0.1, 0.15) is 44.0 Å². The molecule has 3 aromatic rings. The number of carboxylic acid groups (broad SMARTS) is 1. The van der Waals surface area contributed by atoms with Gasteiger partial charge in [-0.2, -0.15) is 0 Å². The van der Waals surface area contributed by atoms with Crippen LogP contribution in [0.3, 0.4) is 0 Å². The number of aromatic nitrogens is 4. The van der Waals surface area contributed by atoms with E-state index in [9.17, 15) is 9.90 Å². The van der Waals surface area contributed by atoms with Crippen LogP contribution in [0.4, 0.5) is 4.79 Å². The van der Waals surface area contributed by atoms with Crippen molar-refractivity contribution in [1.82, 2.24) is 24.4 Å². The molecule has 1 atom stereocenters. The molecule has 0 fully saturated rings. The summed E-state index contributed by atoms with van der Waals surface area (Å²) >= 11 is 0. The van der Waals surface area contributed by atoms with Gasteiger partial charge in [-0.25, -0.2) is 14.8 Å². The summed E-state index contributed by atoms with van der Waals surface area (Å²) in [5, 5.41) is 9.69. The second kappa shape index (κ2) is 5.34. The predicted octanol–water partition coefficient (Wildman–Crippen LogP) is 3.14. The van der Waals surface area contributed by atoms with Crippen molar-refractivity contribution in [2.24, 2.45) is 0 Å². The Morgan fingerprint density at radius 3 is 2.76 bits per heavy atom. The summed E-state index contributed by atoms with van der Waals surface area (Å²) in [6, 6.07) is 7.19. The Morgan fingerprint density at radius 2 is 2.08 bits per heavy atom. The fraction of sp³-hybridized carbons (Fsp3) is 0.389. The molecule has 7 heteroatoms. The van der Waals surface area contributed by atoms with Crippen LogP contribution >= 0.6 is 0 Å². The molecule has 0 bridgehead atoms. The van der Waals surface area contributed by atoms with Gasteiger partial charge in [-0.15, -0.1) is 0 Å². The molecule has 3 heterocycles. The number of benzene rings is 1. The average molecular weight is 339 g/mol. The Kier molecular flexibility index (Phi) is 3.35. The minimum atomic E-state index is -0.957. The lowest BCUT2D eigenvalue weighted by molar-refractivity contribution is 0.125. The lowest BCUT2D eigenvalue weighted by atomic mass is 10.0.